The number of nitrogens with one attached hydrogen (secondary N) is 1. The maximum absolute atomic E-state index is 12.9. The van der Waals surface area contributed by atoms with Crippen LogP contribution >= 0.6 is 0 Å². The summed E-state index contributed by atoms with van der Waals surface area (Å²) in [4.78, 5) is 14.4. The molecule has 146 valence electrons. The number of phenols is 1. The smallest absolute Gasteiger partial charge is 0.257 e. The highest BCUT2D eigenvalue weighted by molar-refractivity contribution is 5.82. The Morgan fingerprint density at radius 2 is 2.11 bits per heavy atom. The zero-order chi connectivity index (χ0) is 19.6. The highest BCUT2D eigenvalue weighted by atomic mass is 127. The van der Waals surface area contributed by atoms with Crippen LogP contribution in [0, 0.1) is 6.92 Å². The fraction of sp³-hybridized carbons (Fsp3) is 0.476. The van der Waals surface area contributed by atoms with E-state index >= 15 is 0 Å². The van der Waals surface area contributed by atoms with Crippen LogP contribution in [0.1, 0.15) is 42.1 Å². The summed E-state index contributed by atoms with van der Waals surface area (Å²) in [5.41, 5.74) is 8.82. The molecule has 3 rings (SSSR count). The first-order chi connectivity index (χ1) is 13.0. The maximum Gasteiger partial charge on any atom is 0.257 e. The third-order valence-corrected chi connectivity index (χ3v) is 6.43. The minimum atomic E-state index is 0.0215. The van der Waals surface area contributed by atoms with Crippen molar-refractivity contribution in [1.82, 2.24) is 0 Å². The molecule has 1 saturated heterocycles. The molecule has 1 aliphatic heterocycles. The third kappa shape index (κ3) is 4.22. The molecule has 0 atom stereocenters. The number of hydrogen-bond acceptors (Lipinski definition) is 4. The first-order valence-corrected chi connectivity index (χ1v) is 11.2. The van der Waals surface area contributed by atoms with E-state index in [4.69, 9.17) is 10.2 Å². The maximum atomic E-state index is 12.9. The van der Waals surface area contributed by atoms with Crippen LogP contribution in [0.5, 0.6) is 5.75 Å². The quantitative estimate of drug-likeness (QED) is 0.259. The predicted molar refractivity (Wildman–Crippen MR) is 104 cm³/mol. The van der Waals surface area contributed by atoms with Crippen LogP contribution in [0.2, 0.25) is 0 Å². The van der Waals surface area contributed by atoms with Crippen molar-refractivity contribution in [3.05, 3.63) is 51.4 Å². The van der Waals surface area contributed by atoms with Gasteiger partial charge in [-0.3, -0.25) is 4.79 Å². The number of nitrogens with two attached hydrogens (primary N) is 1. The van der Waals surface area contributed by atoms with Gasteiger partial charge in [0.1, 0.15) is 17.1 Å². The SMILES string of the molecule is C=C(CCN)C[NH+]1CCC(c2oc3c(C[IH+])c(O)ccc3c(=O)c2C)CC1. The van der Waals surface area contributed by atoms with Crippen LogP contribution < -0.4 is 38.7 Å². The summed E-state index contributed by atoms with van der Waals surface area (Å²) in [6, 6.07) is 3.26. The minimum Gasteiger partial charge on any atom is -0.507 e. The number of piperidine rings is 1. The minimum absolute atomic E-state index is 0.0215. The lowest BCUT2D eigenvalue weighted by molar-refractivity contribution is -0.900. The second kappa shape index (κ2) is 8.75. The zero-order valence-corrected chi connectivity index (χ0v) is 18.2. The van der Waals surface area contributed by atoms with E-state index in [9.17, 15) is 9.90 Å². The van der Waals surface area contributed by atoms with Gasteiger partial charge in [-0.25, -0.2) is 0 Å². The Labute approximate surface area is 173 Å². The topological polar surface area (TPSA) is 80.9 Å². The van der Waals surface area contributed by atoms with Gasteiger partial charge in [-0.1, -0.05) is 6.58 Å². The largest absolute Gasteiger partial charge is 0.507 e. The molecule has 1 aliphatic rings. The molecule has 2 aromatic rings. The van der Waals surface area contributed by atoms with Crippen molar-refractivity contribution >= 4 is 11.0 Å². The molecule has 0 radical (unpaired) electrons. The zero-order valence-electron chi connectivity index (χ0n) is 15.8. The standard InChI is InChI=1S/C21H27IN2O3/c1-13(5-8-23)12-24-9-6-15(7-10-24)20-14(2)19(26)16-3-4-18(25)17(11-22)21(16)27-20/h3-4,15,22H,1,5-12,23H2,2H3/p+2. The Bertz CT molecular complexity index is 898. The van der Waals surface area contributed by atoms with Crippen LogP contribution in [-0.4, -0.2) is 31.3 Å². The van der Waals surface area contributed by atoms with E-state index < -0.39 is 0 Å². The van der Waals surface area contributed by atoms with Gasteiger partial charge in [0.25, 0.3) is 22.6 Å². The first kappa shape index (κ1) is 20.4. The number of quaternary nitrogens is 1. The van der Waals surface area contributed by atoms with E-state index in [0.29, 0.717) is 27.5 Å². The summed E-state index contributed by atoms with van der Waals surface area (Å²) < 4.78 is 6.90. The van der Waals surface area contributed by atoms with Gasteiger partial charge < -0.3 is 20.2 Å². The Morgan fingerprint density at radius 3 is 2.74 bits per heavy atom. The van der Waals surface area contributed by atoms with Crippen molar-refractivity contribution in [2.75, 3.05) is 26.2 Å². The van der Waals surface area contributed by atoms with Crippen molar-refractivity contribution in [2.24, 2.45) is 5.73 Å². The van der Waals surface area contributed by atoms with Gasteiger partial charge in [0.05, 0.1) is 30.6 Å². The number of benzene rings is 1. The Morgan fingerprint density at radius 1 is 1.41 bits per heavy atom. The van der Waals surface area contributed by atoms with Crippen molar-refractivity contribution in [2.45, 2.75) is 36.5 Å². The Hall–Kier alpha value is -1.38. The average molecular weight is 484 g/mol. The van der Waals surface area contributed by atoms with Gasteiger partial charge >= 0.3 is 0 Å². The van der Waals surface area contributed by atoms with Crippen LogP contribution in [0.25, 0.3) is 11.0 Å². The molecular weight excluding hydrogens is 455 g/mol. The second-order valence-electron chi connectivity index (χ2n) is 7.49. The number of rotatable bonds is 6. The first-order valence-electron chi connectivity index (χ1n) is 9.52. The molecule has 0 aliphatic carbocycles. The number of phenolic OH excluding ortho intramolecular Hbond substituents is 1. The average Bonchev–Trinajstić information content (AvgIpc) is 2.65. The summed E-state index contributed by atoms with van der Waals surface area (Å²) in [6.45, 7) is 9.69. The number of halogens is 1. The van der Waals surface area contributed by atoms with E-state index in [2.05, 4.69) is 6.58 Å². The van der Waals surface area contributed by atoms with Crippen molar-refractivity contribution in [1.29, 1.82) is 0 Å². The molecule has 27 heavy (non-hydrogen) atoms. The van der Waals surface area contributed by atoms with E-state index in [1.807, 2.05) is 29.5 Å². The van der Waals surface area contributed by atoms with Gasteiger partial charge in [0.2, 0.25) is 0 Å². The number of hydrogen-bond donors (Lipinski definition) is 3. The van der Waals surface area contributed by atoms with Gasteiger partial charge in [0.15, 0.2) is 9.86 Å². The normalized spacial score (nSPS) is 20.1. The molecular formula is C21H29IN2O3+2. The monoisotopic (exact) mass is 484 g/mol. The van der Waals surface area contributed by atoms with Crippen molar-refractivity contribution in [3.8, 4) is 5.75 Å². The fourth-order valence-electron chi connectivity index (χ4n) is 4.05. The molecule has 0 spiro atoms. The van der Waals surface area contributed by atoms with E-state index in [1.165, 1.54) is 10.5 Å². The highest BCUT2D eigenvalue weighted by Crippen LogP contribution is 2.31. The molecule has 0 unspecified atom stereocenters. The lowest BCUT2D eigenvalue weighted by Gasteiger charge is -2.29. The molecule has 2 heterocycles. The number of aromatic hydroxyl groups is 1. The van der Waals surface area contributed by atoms with E-state index in [-0.39, 0.29) is 17.1 Å². The molecule has 0 amide bonds. The van der Waals surface area contributed by atoms with Crippen LogP contribution in [0.4, 0.5) is 0 Å². The van der Waals surface area contributed by atoms with Crippen LogP contribution in [-0.2, 0) is 4.43 Å². The molecule has 5 nitrogen and oxygen atoms in total. The Kier molecular flexibility index (Phi) is 6.60. The van der Waals surface area contributed by atoms with Crippen molar-refractivity contribution in [3.63, 3.8) is 0 Å². The lowest BCUT2D eigenvalue weighted by Crippen LogP contribution is -3.33. The summed E-state index contributed by atoms with van der Waals surface area (Å²) in [6.07, 6.45) is 2.86. The Balaban J connectivity index is 1.86. The van der Waals surface area contributed by atoms with Crippen molar-refractivity contribution < 1.29 is 37.0 Å². The highest BCUT2D eigenvalue weighted by Gasteiger charge is 2.28. The molecule has 0 bridgehead atoms. The number of fused-ring (bicyclic) bond motifs is 1. The summed E-state index contributed by atoms with van der Waals surface area (Å²) in [5.74, 6) is 1.25. The lowest BCUT2D eigenvalue weighted by atomic mass is 9.90. The van der Waals surface area contributed by atoms with E-state index in [1.54, 1.807) is 12.1 Å². The number of alkyl halides is 1. The van der Waals surface area contributed by atoms with E-state index in [0.717, 1.165) is 50.2 Å². The molecule has 1 fully saturated rings. The second-order valence-corrected chi connectivity index (χ2v) is 8.32. The van der Waals surface area contributed by atoms with Gasteiger partial charge in [0, 0.05) is 24.3 Å². The predicted octanol–water partition coefficient (Wildman–Crippen LogP) is -1.74. The number of likely N-dealkylation sites (tertiary alicyclic amines) is 1. The summed E-state index contributed by atoms with van der Waals surface area (Å²) in [5, 5.41) is 10.7. The van der Waals surface area contributed by atoms with Gasteiger partial charge in [-0.2, -0.15) is 0 Å². The van der Waals surface area contributed by atoms with Gasteiger partial charge in [-0.15, -0.1) is 0 Å². The third-order valence-electron chi connectivity index (χ3n) is 5.61. The molecule has 1 aromatic carbocycles. The molecule has 1 aromatic heterocycles. The van der Waals surface area contributed by atoms with Crippen LogP contribution in [0.15, 0.2) is 33.5 Å². The molecule has 6 heteroatoms. The fourth-order valence-corrected chi connectivity index (χ4v) is 4.85. The van der Waals surface area contributed by atoms with Crippen LogP contribution in [0.3, 0.4) is 0 Å². The summed E-state index contributed by atoms with van der Waals surface area (Å²) in [7, 11) is 0. The molecule has 4 N–H and O–H groups in total. The van der Waals surface area contributed by atoms with Gasteiger partial charge in [-0.05, 0) is 37.6 Å². The molecule has 0 saturated carbocycles. The summed E-state index contributed by atoms with van der Waals surface area (Å²) >= 11 is 1.89.